The molecule has 2 heterocycles. The number of nitrogens with zero attached hydrogens (tertiary/aromatic N) is 3. The molecule has 1 aliphatic carbocycles. The molecule has 4 aromatic rings. The maximum Gasteiger partial charge on any atom is 0.256 e. The van der Waals surface area contributed by atoms with Crippen LogP contribution < -0.4 is 5.32 Å². The van der Waals surface area contributed by atoms with E-state index < -0.39 is 0 Å². The number of aromatic nitrogens is 3. The summed E-state index contributed by atoms with van der Waals surface area (Å²) in [5.41, 5.74) is 4.03. The number of para-hydroxylation sites is 1. The lowest BCUT2D eigenvalue weighted by atomic mass is 10.1. The zero-order valence-electron chi connectivity index (χ0n) is 14.4. The summed E-state index contributed by atoms with van der Waals surface area (Å²) in [6, 6.07) is 17.0. The topological polar surface area (TPSA) is 80.9 Å². The molecule has 2 aromatic carbocycles. The number of amides is 1. The summed E-state index contributed by atoms with van der Waals surface area (Å²) in [6.07, 6.45) is 3.57. The van der Waals surface area contributed by atoms with Gasteiger partial charge in [0, 0.05) is 28.2 Å². The summed E-state index contributed by atoms with van der Waals surface area (Å²) >= 11 is 0. The van der Waals surface area contributed by atoms with Crippen LogP contribution in [0.2, 0.25) is 0 Å². The van der Waals surface area contributed by atoms with Crippen molar-refractivity contribution in [2.75, 3.05) is 5.32 Å². The van der Waals surface area contributed by atoms with Gasteiger partial charge < -0.3 is 9.73 Å². The largest absolute Gasteiger partial charge is 0.423 e. The van der Waals surface area contributed by atoms with Gasteiger partial charge in [0.15, 0.2) is 0 Å². The van der Waals surface area contributed by atoms with Crippen LogP contribution in [0.1, 0.15) is 34.8 Å². The number of nitrogens with one attached hydrogen (secondary N) is 1. The van der Waals surface area contributed by atoms with Gasteiger partial charge in [-0.25, -0.2) is 0 Å². The Kier molecular flexibility index (Phi) is 3.67. The third-order valence-corrected chi connectivity index (χ3v) is 4.73. The van der Waals surface area contributed by atoms with Crippen molar-refractivity contribution >= 4 is 22.5 Å². The monoisotopic (exact) mass is 356 g/mol. The fourth-order valence-corrected chi connectivity index (χ4v) is 3.17. The second kappa shape index (κ2) is 6.32. The first-order chi connectivity index (χ1) is 13.3. The maximum atomic E-state index is 13.0. The molecule has 6 heteroatoms. The minimum absolute atomic E-state index is 0.138. The first-order valence-electron chi connectivity index (χ1n) is 8.85. The van der Waals surface area contributed by atoms with Gasteiger partial charge in [-0.15, -0.1) is 10.2 Å². The van der Waals surface area contributed by atoms with Gasteiger partial charge in [-0.1, -0.05) is 18.2 Å². The molecular weight excluding hydrogens is 340 g/mol. The van der Waals surface area contributed by atoms with Crippen molar-refractivity contribution in [3.8, 4) is 11.5 Å². The van der Waals surface area contributed by atoms with E-state index in [9.17, 15) is 4.79 Å². The molecule has 0 bridgehead atoms. The minimum Gasteiger partial charge on any atom is -0.423 e. The molecule has 1 N–H and O–H groups in total. The van der Waals surface area contributed by atoms with Crippen LogP contribution in [0.5, 0.6) is 0 Å². The summed E-state index contributed by atoms with van der Waals surface area (Å²) in [4.78, 5) is 17.7. The number of pyridine rings is 1. The van der Waals surface area contributed by atoms with E-state index in [4.69, 9.17) is 9.40 Å². The zero-order valence-corrected chi connectivity index (χ0v) is 14.4. The average Bonchev–Trinajstić information content (AvgIpc) is 3.42. The summed E-state index contributed by atoms with van der Waals surface area (Å²) in [7, 11) is 0. The number of hydrogen-bond donors (Lipinski definition) is 1. The average molecular weight is 356 g/mol. The fraction of sp³-hybridized carbons (Fsp3) is 0.143. The van der Waals surface area contributed by atoms with Crippen LogP contribution in [0.4, 0.5) is 5.69 Å². The third-order valence-electron chi connectivity index (χ3n) is 4.73. The Morgan fingerprint density at radius 3 is 2.63 bits per heavy atom. The summed E-state index contributed by atoms with van der Waals surface area (Å²) in [5, 5.41) is 11.4. The molecule has 27 heavy (non-hydrogen) atoms. The number of rotatable bonds is 4. The number of benzene rings is 2. The van der Waals surface area contributed by atoms with E-state index in [0.717, 1.165) is 35.0 Å². The molecule has 0 spiro atoms. The molecule has 0 atom stereocenters. The summed E-state index contributed by atoms with van der Waals surface area (Å²) in [6.45, 7) is 0. The van der Waals surface area contributed by atoms with Gasteiger partial charge in [-0.05, 0) is 49.2 Å². The Morgan fingerprint density at radius 2 is 1.89 bits per heavy atom. The van der Waals surface area contributed by atoms with Crippen molar-refractivity contribution in [3.05, 3.63) is 72.2 Å². The molecular formula is C21H16N4O2. The molecule has 132 valence electrons. The van der Waals surface area contributed by atoms with Gasteiger partial charge in [0.1, 0.15) is 0 Å². The van der Waals surface area contributed by atoms with Crippen LogP contribution in [-0.4, -0.2) is 21.1 Å². The molecule has 0 saturated heterocycles. The van der Waals surface area contributed by atoms with Gasteiger partial charge in [0.25, 0.3) is 5.91 Å². The second-order valence-corrected chi connectivity index (χ2v) is 6.66. The normalized spacial score (nSPS) is 13.6. The van der Waals surface area contributed by atoms with Crippen LogP contribution in [0.3, 0.4) is 0 Å². The predicted octanol–water partition coefficient (Wildman–Crippen LogP) is 4.41. The summed E-state index contributed by atoms with van der Waals surface area (Å²) in [5.74, 6) is 0.790. The molecule has 0 aliphatic heterocycles. The molecule has 0 unspecified atom stereocenters. The van der Waals surface area contributed by atoms with Crippen LogP contribution in [0.15, 0.2) is 65.4 Å². The van der Waals surface area contributed by atoms with E-state index in [-0.39, 0.29) is 5.91 Å². The highest BCUT2D eigenvalue weighted by Crippen LogP contribution is 2.40. The van der Waals surface area contributed by atoms with E-state index in [1.165, 1.54) is 6.39 Å². The van der Waals surface area contributed by atoms with E-state index in [2.05, 4.69) is 15.5 Å². The standard InChI is InChI=1S/C21H16N4O2/c26-20(23-15-9-7-14(8-10-15)21-25-22-12-27-21)17-11-19(13-5-6-13)24-18-4-2-1-3-16(17)18/h1-4,7-13H,5-6H2,(H,23,26). The first-order valence-corrected chi connectivity index (χ1v) is 8.85. The van der Waals surface area contributed by atoms with E-state index in [0.29, 0.717) is 23.1 Å². The van der Waals surface area contributed by atoms with Gasteiger partial charge >= 0.3 is 0 Å². The Hall–Kier alpha value is -3.54. The molecule has 5 rings (SSSR count). The highest BCUT2D eigenvalue weighted by Gasteiger charge is 2.27. The smallest absolute Gasteiger partial charge is 0.256 e. The zero-order chi connectivity index (χ0) is 18.2. The van der Waals surface area contributed by atoms with Crippen LogP contribution in [-0.2, 0) is 0 Å². The Balaban J connectivity index is 1.45. The predicted molar refractivity (Wildman–Crippen MR) is 101 cm³/mol. The van der Waals surface area contributed by atoms with Gasteiger partial charge in [-0.2, -0.15) is 0 Å². The maximum absolute atomic E-state index is 13.0. The molecule has 1 saturated carbocycles. The number of carbonyl (C=O) groups is 1. The van der Waals surface area contributed by atoms with Crippen molar-refractivity contribution in [2.45, 2.75) is 18.8 Å². The Bertz CT molecular complexity index is 1120. The number of fused-ring (bicyclic) bond motifs is 1. The number of carbonyl (C=O) groups excluding carboxylic acids is 1. The van der Waals surface area contributed by atoms with Crippen molar-refractivity contribution in [1.82, 2.24) is 15.2 Å². The Labute approximate surface area is 155 Å². The van der Waals surface area contributed by atoms with E-state index >= 15 is 0 Å². The SMILES string of the molecule is O=C(Nc1ccc(-c2nnco2)cc1)c1cc(C2CC2)nc2ccccc12. The highest BCUT2D eigenvalue weighted by molar-refractivity contribution is 6.12. The molecule has 1 aliphatic rings. The van der Waals surface area contributed by atoms with E-state index in [1.807, 2.05) is 54.6 Å². The summed E-state index contributed by atoms with van der Waals surface area (Å²) < 4.78 is 5.18. The number of hydrogen-bond acceptors (Lipinski definition) is 5. The second-order valence-electron chi connectivity index (χ2n) is 6.66. The number of anilines is 1. The van der Waals surface area contributed by atoms with Crippen molar-refractivity contribution in [2.24, 2.45) is 0 Å². The van der Waals surface area contributed by atoms with Gasteiger partial charge in [0.05, 0.1) is 11.1 Å². The van der Waals surface area contributed by atoms with Gasteiger partial charge in [-0.3, -0.25) is 9.78 Å². The van der Waals surface area contributed by atoms with Crippen LogP contribution in [0.25, 0.3) is 22.4 Å². The van der Waals surface area contributed by atoms with Crippen molar-refractivity contribution in [1.29, 1.82) is 0 Å². The quantitative estimate of drug-likeness (QED) is 0.585. The lowest BCUT2D eigenvalue weighted by molar-refractivity contribution is 0.102. The molecule has 0 radical (unpaired) electrons. The Morgan fingerprint density at radius 1 is 1.07 bits per heavy atom. The third kappa shape index (κ3) is 3.06. The molecule has 2 aromatic heterocycles. The molecule has 6 nitrogen and oxygen atoms in total. The lowest BCUT2D eigenvalue weighted by Gasteiger charge is -2.10. The van der Waals surface area contributed by atoms with E-state index in [1.54, 1.807) is 0 Å². The fourth-order valence-electron chi connectivity index (χ4n) is 3.17. The molecule has 1 amide bonds. The minimum atomic E-state index is -0.138. The van der Waals surface area contributed by atoms with Crippen LogP contribution in [0, 0.1) is 0 Å². The van der Waals surface area contributed by atoms with Crippen molar-refractivity contribution < 1.29 is 9.21 Å². The molecule has 1 fully saturated rings. The lowest BCUT2D eigenvalue weighted by Crippen LogP contribution is -2.13. The van der Waals surface area contributed by atoms with Gasteiger partial charge in [0.2, 0.25) is 12.3 Å². The first kappa shape index (κ1) is 15.7. The highest BCUT2D eigenvalue weighted by atomic mass is 16.4. The van der Waals surface area contributed by atoms with Crippen LogP contribution >= 0.6 is 0 Å². The van der Waals surface area contributed by atoms with Crippen molar-refractivity contribution in [3.63, 3.8) is 0 Å².